The van der Waals surface area contributed by atoms with Crippen molar-refractivity contribution in [2.75, 3.05) is 0 Å². The first-order chi connectivity index (χ1) is 32.2. The highest BCUT2D eigenvalue weighted by molar-refractivity contribution is 6.06. The maximum absolute atomic E-state index is 5.48. The molecule has 0 atom stereocenters. The molecule has 1 spiro atoms. The van der Waals surface area contributed by atoms with Crippen LogP contribution in [0.5, 0.6) is 0 Å². The maximum Gasteiger partial charge on any atom is 0.160 e. The average molecular weight is 826 g/mol. The highest BCUT2D eigenvalue weighted by Gasteiger charge is 2.53. The molecule has 0 amide bonds. The molecule has 302 valence electrons. The Balaban J connectivity index is 0.846. The first kappa shape index (κ1) is 37.1. The van der Waals surface area contributed by atoms with Crippen molar-refractivity contribution in [2.24, 2.45) is 0 Å². The van der Waals surface area contributed by atoms with Crippen LogP contribution in [0.2, 0.25) is 0 Å². The molecule has 2 aliphatic rings. The van der Waals surface area contributed by atoms with Gasteiger partial charge in [0.25, 0.3) is 0 Å². The topological polar surface area (TPSA) is 38.7 Å². The number of hydrogen-bond acceptors (Lipinski definition) is 3. The minimum absolute atomic E-state index is 0.453. The maximum atomic E-state index is 5.48. The zero-order valence-corrected chi connectivity index (χ0v) is 35.4. The number of para-hydroxylation sites is 1. The monoisotopic (exact) mass is 825 g/mol. The van der Waals surface area contributed by atoms with E-state index in [-0.39, 0.29) is 0 Å². The first-order valence-electron chi connectivity index (χ1n) is 22.3. The van der Waals surface area contributed by atoms with Gasteiger partial charge in [-0.3, -0.25) is 0 Å². The van der Waals surface area contributed by atoms with E-state index in [0.29, 0.717) is 5.82 Å². The van der Waals surface area contributed by atoms with Gasteiger partial charge in [-0.1, -0.05) is 224 Å². The van der Waals surface area contributed by atoms with Gasteiger partial charge in [0, 0.05) is 33.2 Å². The fourth-order valence-corrected chi connectivity index (χ4v) is 10.6. The lowest BCUT2D eigenvalue weighted by molar-refractivity contribution is 0.801. The van der Waals surface area contributed by atoms with Crippen LogP contribution in [0.15, 0.2) is 237 Å². The first-order valence-corrected chi connectivity index (χ1v) is 22.3. The fraction of sp³-hybridized carbons (Fsp3) is 0.0161. The zero-order valence-electron chi connectivity index (χ0n) is 35.4. The standard InChI is InChI=1S/C62H39N3/c1-3-15-44(16-4-1)56-39-57(45-17-5-2-6-18-45)65-61(64-56)47-37-33-43(34-38-47)41-29-27-40(28-30-41)42-31-35-46(36-32-42)60-58-50-21-9-13-25-54(50)62(59(58)51-22-10-14-26-55(51)63-60)52-23-11-7-19-48(52)49-20-8-12-24-53(49)62/h1-39H. The minimum atomic E-state index is -0.453. The number of benzene rings is 9. The summed E-state index contributed by atoms with van der Waals surface area (Å²) in [5, 5.41) is 1.20. The van der Waals surface area contributed by atoms with E-state index in [1.807, 2.05) is 36.4 Å². The lowest BCUT2D eigenvalue weighted by Gasteiger charge is -2.31. The summed E-state index contributed by atoms with van der Waals surface area (Å²) in [6.45, 7) is 0. The zero-order chi connectivity index (χ0) is 42.9. The molecule has 2 aliphatic carbocycles. The second-order valence-electron chi connectivity index (χ2n) is 17.0. The van der Waals surface area contributed by atoms with Crippen LogP contribution in [0.1, 0.15) is 22.3 Å². The minimum Gasteiger partial charge on any atom is -0.247 e. The highest BCUT2D eigenvalue weighted by Crippen LogP contribution is 2.65. The van der Waals surface area contributed by atoms with E-state index in [9.17, 15) is 0 Å². The van der Waals surface area contributed by atoms with Crippen molar-refractivity contribution in [3.63, 3.8) is 0 Å². The van der Waals surface area contributed by atoms with Crippen LogP contribution in [-0.2, 0) is 5.41 Å². The summed E-state index contributed by atoms with van der Waals surface area (Å²) in [6.07, 6.45) is 0. The van der Waals surface area contributed by atoms with Crippen molar-refractivity contribution in [3.8, 4) is 89.7 Å². The number of fused-ring (bicyclic) bond motifs is 12. The van der Waals surface area contributed by atoms with Crippen LogP contribution in [0.3, 0.4) is 0 Å². The molecule has 3 nitrogen and oxygen atoms in total. The van der Waals surface area contributed by atoms with Crippen molar-refractivity contribution in [2.45, 2.75) is 5.41 Å². The Bertz CT molecular complexity index is 3510. The summed E-state index contributed by atoms with van der Waals surface area (Å²) >= 11 is 0. The Hall–Kier alpha value is -8.53. The van der Waals surface area contributed by atoms with Gasteiger partial charge < -0.3 is 0 Å². The molecule has 0 radical (unpaired) electrons. The molecular formula is C62H39N3. The Morgan fingerprint density at radius 1 is 0.292 bits per heavy atom. The summed E-state index contributed by atoms with van der Waals surface area (Å²) in [6, 6.07) is 84.9. The number of aromatic nitrogens is 3. The molecular weight excluding hydrogens is 787 g/mol. The largest absolute Gasteiger partial charge is 0.247 e. The van der Waals surface area contributed by atoms with Gasteiger partial charge in [0.05, 0.1) is 28.0 Å². The Kier molecular flexibility index (Phi) is 8.44. The molecule has 11 aromatic rings. The highest BCUT2D eigenvalue weighted by atomic mass is 14.9. The number of hydrogen-bond donors (Lipinski definition) is 0. The van der Waals surface area contributed by atoms with Crippen molar-refractivity contribution in [1.29, 1.82) is 0 Å². The van der Waals surface area contributed by atoms with Crippen molar-refractivity contribution in [3.05, 3.63) is 259 Å². The second-order valence-corrected chi connectivity index (χ2v) is 17.0. The third kappa shape index (κ3) is 5.79. The molecule has 0 bridgehead atoms. The predicted molar refractivity (Wildman–Crippen MR) is 266 cm³/mol. The molecule has 0 fully saturated rings. The Morgan fingerprint density at radius 3 is 1.22 bits per heavy atom. The average Bonchev–Trinajstić information content (AvgIpc) is 3.87. The van der Waals surface area contributed by atoms with E-state index in [4.69, 9.17) is 15.0 Å². The van der Waals surface area contributed by atoms with E-state index in [2.05, 4.69) is 200 Å². The summed E-state index contributed by atoms with van der Waals surface area (Å²) < 4.78 is 0. The summed E-state index contributed by atoms with van der Waals surface area (Å²) in [5.74, 6) is 0.706. The van der Waals surface area contributed by atoms with Crippen LogP contribution in [0.25, 0.3) is 101 Å². The molecule has 0 N–H and O–H groups in total. The fourth-order valence-electron chi connectivity index (χ4n) is 10.6. The van der Waals surface area contributed by atoms with Gasteiger partial charge in [-0.25, -0.2) is 15.0 Å². The van der Waals surface area contributed by atoms with Gasteiger partial charge in [0.15, 0.2) is 5.82 Å². The molecule has 13 rings (SSSR count). The normalized spacial score (nSPS) is 12.7. The quantitative estimate of drug-likeness (QED) is 0.168. The van der Waals surface area contributed by atoms with Crippen molar-refractivity contribution in [1.82, 2.24) is 15.0 Å². The van der Waals surface area contributed by atoms with Crippen LogP contribution in [-0.4, -0.2) is 15.0 Å². The molecule has 65 heavy (non-hydrogen) atoms. The van der Waals surface area contributed by atoms with E-state index in [1.165, 1.54) is 49.9 Å². The van der Waals surface area contributed by atoms with Crippen LogP contribution >= 0.6 is 0 Å². The summed E-state index contributed by atoms with van der Waals surface area (Å²) in [4.78, 5) is 15.5. The number of nitrogens with zero attached hydrogens (tertiary/aromatic N) is 3. The molecule has 0 unspecified atom stereocenters. The van der Waals surface area contributed by atoms with Gasteiger partial charge in [-0.15, -0.1) is 0 Å². The van der Waals surface area contributed by atoms with E-state index >= 15 is 0 Å². The van der Waals surface area contributed by atoms with Gasteiger partial charge in [0.1, 0.15) is 0 Å². The van der Waals surface area contributed by atoms with E-state index in [0.717, 1.165) is 67.1 Å². The molecule has 2 aromatic heterocycles. The third-order valence-electron chi connectivity index (χ3n) is 13.5. The summed E-state index contributed by atoms with van der Waals surface area (Å²) in [7, 11) is 0. The smallest absolute Gasteiger partial charge is 0.160 e. The Morgan fingerprint density at radius 2 is 0.692 bits per heavy atom. The van der Waals surface area contributed by atoms with Crippen LogP contribution in [0, 0.1) is 0 Å². The Labute approximate surface area is 378 Å². The number of pyridine rings is 1. The lowest BCUT2D eigenvalue weighted by atomic mass is 9.69. The van der Waals surface area contributed by atoms with Gasteiger partial charge in [0.2, 0.25) is 0 Å². The SMILES string of the molecule is c1ccc(-c2cc(-c3ccccc3)nc(-c3ccc(-c4ccc(-c5ccc(-c6nc7ccccc7c7c6-c6ccccc6C76c7ccccc7-c7ccccc76)cc5)cc4)cc3)n2)cc1. The number of rotatable bonds is 6. The van der Waals surface area contributed by atoms with Crippen molar-refractivity contribution < 1.29 is 0 Å². The predicted octanol–water partition coefficient (Wildman–Crippen LogP) is 15.4. The van der Waals surface area contributed by atoms with Crippen LogP contribution < -0.4 is 0 Å². The van der Waals surface area contributed by atoms with Crippen LogP contribution in [0.4, 0.5) is 0 Å². The third-order valence-corrected chi connectivity index (χ3v) is 13.5. The molecule has 0 saturated carbocycles. The van der Waals surface area contributed by atoms with E-state index < -0.39 is 5.41 Å². The van der Waals surface area contributed by atoms with Gasteiger partial charge in [-0.2, -0.15) is 0 Å². The second kappa shape index (κ2) is 14.8. The molecule has 0 aliphatic heterocycles. The van der Waals surface area contributed by atoms with Gasteiger partial charge in [-0.05, 0) is 73.3 Å². The lowest BCUT2D eigenvalue weighted by Crippen LogP contribution is -2.26. The molecule has 9 aromatic carbocycles. The summed E-state index contributed by atoms with van der Waals surface area (Å²) in [5.41, 5.74) is 22.6. The van der Waals surface area contributed by atoms with E-state index in [1.54, 1.807) is 0 Å². The molecule has 3 heteroatoms. The van der Waals surface area contributed by atoms with Crippen molar-refractivity contribution >= 4 is 10.9 Å². The molecule has 2 heterocycles. The molecule has 0 saturated heterocycles. The van der Waals surface area contributed by atoms with Gasteiger partial charge >= 0.3 is 0 Å².